The number of thiocarbonyl (C=S) groups is 1. The summed E-state index contributed by atoms with van der Waals surface area (Å²) in [5.74, 6) is -0.354. The lowest BCUT2D eigenvalue weighted by Crippen LogP contribution is -2.83. The Balaban J connectivity index is 1.82. The van der Waals surface area contributed by atoms with Gasteiger partial charge in [-0.05, 0) is 29.7 Å². The van der Waals surface area contributed by atoms with Crippen molar-refractivity contribution in [2.24, 2.45) is 11.3 Å². The van der Waals surface area contributed by atoms with Gasteiger partial charge in [-0.2, -0.15) is 0 Å². The van der Waals surface area contributed by atoms with Crippen molar-refractivity contribution in [3.63, 3.8) is 0 Å². The number of Topliss-reactive ketones (excluding diaryl/α,β-unsaturated/α-hetero) is 1. The van der Waals surface area contributed by atoms with Gasteiger partial charge in [0, 0.05) is 17.0 Å². The van der Waals surface area contributed by atoms with Gasteiger partial charge >= 0.3 is 0 Å². The minimum absolute atomic E-state index is 0.120. The lowest BCUT2D eigenvalue weighted by molar-refractivity contribution is -0.627. The van der Waals surface area contributed by atoms with Crippen LogP contribution < -0.4 is 10.6 Å². The molecule has 6 heteroatoms. The van der Waals surface area contributed by atoms with Gasteiger partial charge in [0.2, 0.25) is 0 Å². The molecular formula is C22H23Cl2N2OS+. The highest BCUT2D eigenvalue weighted by Gasteiger charge is 2.39. The Morgan fingerprint density at radius 2 is 1.93 bits per heavy atom. The van der Waals surface area contributed by atoms with E-state index in [-0.39, 0.29) is 11.2 Å². The second kappa shape index (κ2) is 8.75. The summed E-state index contributed by atoms with van der Waals surface area (Å²) < 4.78 is 0. The van der Waals surface area contributed by atoms with Gasteiger partial charge in [0.15, 0.2) is 5.78 Å². The minimum Gasteiger partial charge on any atom is -0.348 e. The van der Waals surface area contributed by atoms with Gasteiger partial charge in [-0.1, -0.05) is 79.6 Å². The number of nitrogens with one attached hydrogen (secondary N) is 1. The summed E-state index contributed by atoms with van der Waals surface area (Å²) >= 11 is 17.8. The van der Waals surface area contributed by atoms with Crippen LogP contribution in [-0.2, 0) is 11.3 Å². The van der Waals surface area contributed by atoms with Gasteiger partial charge in [-0.25, -0.2) is 0 Å². The Labute approximate surface area is 181 Å². The highest BCUT2D eigenvalue weighted by atomic mass is 35.5. The van der Waals surface area contributed by atoms with Gasteiger partial charge in [-0.15, -0.1) is 0 Å². The maximum atomic E-state index is 13.0. The summed E-state index contributed by atoms with van der Waals surface area (Å²) in [6.45, 7) is 4.89. The molecule has 146 valence electrons. The van der Waals surface area contributed by atoms with E-state index < -0.39 is 5.92 Å². The lowest BCUT2D eigenvalue weighted by Gasteiger charge is -2.31. The van der Waals surface area contributed by atoms with E-state index in [0.717, 1.165) is 12.2 Å². The minimum atomic E-state index is -0.474. The SMILES string of the molecule is CC1(C)C=C([NH2+]Cc2ccccc2)[C@@H](C(=S)Nc2ccc(Cl)cc2Cl)C(=O)C1. The molecule has 1 aliphatic carbocycles. The van der Waals surface area contributed by atoms with Crippen molar-refractivity contribution in [1.82, 2.24) is 0 Å². The fraction of sp³-hybridized carbons (Fsp3) is 0.273. The number of ketones is 1. The van der Waals surface area contributed by atoms with Crippen molar-refractivity contribution in [3.8, 4) is 0 Å². The molecule has 0 aromatic heterocycles. The van der Waals surface area contributed by atoms with Crippen LogP contribution in [0.25, 0.3) is 0 Å². The molecular weight excluding hydrogens is 411 g/mol. The summed E-state index contributed by atoms with van der Waals surface area (Å²) in [6, 6.07) is 15.3. The summed E-state index contributed by atoms with van der Waals surface area (Å²) in [5.41, 5.74) is 2.60. The molecule has 0 spiro atoms. The summed E-state index contributed by atoms with van der Waals surface area (Å²) in [6.07, 6.45) is 2.62. The first-order chi connectivity index (χ1) is 13.2. The van der Waals surface area contributed by atoms with E-state index in [1.807, 2.05) is 18.2 Å². The number of quaternary nitrogens is 1. The predicted octanol–water partition coefficient (Wildman–Crippen LogP) is 5.00. The van der Waals surface area contributed by atoms with E-state index in [1.54, 1.807) is 18.2 Å². The van der Waals surface area contributed by atoms with Crippen LogP contribution in [-0.4, -0.2) is 10.8 Å². The zero-order chi connectivity index (χ0) is 20.3. The number of anilines is 1. The predicted molar refractivity (Wildman–Crippen MR) is 120 cm³/mol. The first-order valence-electron chi connectivity index (χ1n) is 9.14. The molecule has 0 radical (unpaired) electrons. The number of allylic oxidation sites excluding steroid dienone is 1. The van der Waals surface area contributed by atoms with E-state index in [0.29, 0.717) is 27.1 Å². The van der Waals surface area contributed by atoms with Crippen LogP contribution in [0.15, 0.2) is 60.3 Å². The quantitative estimate of drug-likeness (QED) is 0.652. The van der Waals surface area contributed by atoms with Crippen molar-refractivity contribution in [2.75, 3.05) is 5.32 Å². The third-order valence-electron chi connectivity index (χ3n) is 4.71. The number of carbonyl (C=O) groups is 1. The van der Waals surface area contributed by atoms with Crippen LogP contribution in [0.2, 0.25) is 10.0 Å². The smallest absolute Gasteiger partial charge is 0.153 e. The Kier molecular flexibility index (Phi) is 6.56. The van der Waals surface area contributed by atoms with E-state index in [9.17, 15) is 4.79 Å². The second-order valence-electron chi connectivity index (χ2n) is 7.72. The topological polar surface area (TPSA) is 45.7 Å². The van der Waals surface area contributed by atoms with Crippen LogP contribution >= 0.6 is 35.4 Å². The Morgan fingerprint density at radius 3 is 2.61 bits per heavy atom. The molecule has 0 fully saturated rings. The zero-order valence-corrected chi connectivity index (χ0v) is 18.2. The molecule has 2 aromatic rings. The fourth-order valence-corrected chi connectivity index (χ4v) is 4.28. The highest BCUT2D eigenvalue weighted by Crippen LogP contribution is 2.34. The third-order valence-corrected chi connectivity index (χ3v) is 5.60. The normalized spacial score (nSPS) is 18.5. The summed E-state index contributed by atoms with van der Waals surface area (Å²) in [7, 11) is 0. The monoisotopic (exact) mass is 433 g/mol. The van der Waals surface area contributed by atoms with Gasteiger partial charge < -0.3 is 10.6 Å². The van der Waals surface area contributed by atoms with E-state index in [4.69, 9.17) is 35.4 Å². The third kappa shape index (κ3) is 5.21. The van der Waals surface area contributed by atoms with Gasteiger partial charge in [-0.3, -0.25) is 4.79 Å². The molecule has 1 atom stereocenters. The van der Waals surface area contributed by atoms with Crippen LogP contribution in [0.1, 0.15) is 25.8 Å². The number of hydrogen-bond donors (Lipinski definition) is 2. The average Bonchev–Trinajstić information content (AvgIpc) is 2.62. The van der Waals surface area contributed by atoms with Crippen molar-refractivity contribution in [3.05, 3.63) is 75.9 Å². The maximum absolute atomic E-state index is 13.0. The van der Waals surface area contributed by atoms with Gasteiger partial charge in [0.25, 0.3) is 0 Å². The van der Waals surface area contributed by atoms with Crippen LogP contribution in [0.4, 0.5) is 5.69 Å². The molecule has 3 rings (SSSR count). The van der Waals surface area contributed by atoms with Crippen LogP contribution in [0, 0.1) is 11.3 Å². The number of carbonyl (C=O) groups excluding carboxylic acids is 1. The van der Waals surface area contributed by atoms with Crippen LogP contribution in [0.5, 0.6) is 0 Å². The van der Waals surface area contributed by atoms with E-state index in [2.05, 4.69) is 42.7 Å². The number of benzene rings is 2. The van der Waals surface area contributed by atoms with E-state index in [1.165, 1.54) is 5.56 Å². The van der Waals surface area contributed by atoms with Crippen LogP contribution in [0.3, 0.4) is 0 Å². The maximum Gasteiger partial charge on any atom is 0.153 e. The number of hydrogen-bond acceptors (Lipinski definition) is 2. The number of halogens is 2. The Hall–Kier alpha value is -1.72. The molecule has 0 unspecified atom stereocenters. The molecule has 0 saturated heterocycles. The molecule has 2 aromatic carbocycles. The zero-order valence-electron chi connectivity index (χ0n) is 15.8. The van der Waals surface area contributed by atoms with Crippen molar-refractivity contribution in [1.29, 1.82) is 0 Å². The molecule has 28 heavy (non-hydrogen) atoms. The van der Waals surface area contributed by atoms with E-state index >= 15 is 0 Å². The average molecular weight is 434 g/mol. The molecule has 0 saturated carbocycles. The largest absolute Gasteiger partial charge is 0.348 e. The molecule has 0 heterocycles. The van der Waals surface area contributed by atoms with Gasteiger partial charge in [0.1, 0.15) is 23.1 Å². The van der Waals surface area contributed by atoms with Crippen molar-refractivity contribution >= 4 is 51.9 Å². The Morgan fingerprint density at radius 1 is 1.21 bits per heavy atom. The lowest BCUT2D eigenvalue weighted by atomic mass is 9.76. The first kappa shape index (κ1) is 21.0. The molecule has 0 aliphatic heterocycles. The molecule has 3 N–H and O–H groups in total. The highest BCUT2D eigenvalue weighted by molar-refractivity contribution is 7.80. The Bertz CT molecular complexity index is 925. The number of nitrogens with two attached hydrogens (primary N) is 1. The van der Waals surface area contributed by atoms with Crippen molar-refractivity contribution < 1.29 is 10.1 Å². The van der Waals surface area contributed by atoms with Gasteiger partial charge in [0.05, 0.1) is 10.7 Å². The first-order valence-corrected chi connectivity index (χ1v) is 10.3. The number of rotatable bonds is 5. The molecule has 0 bridgehead atoms. The van der Waals surface area contributed by atoms with Crippen molar-refractivity contribution in [2.45, 2.75) is 26.8 Å². The fourth-order valence-electron chi connectivity index (χ4n) is 3.44. The molecule has 0 amide bonds. The summed E-state index contributed by atoms with van der Waals surface area (Å²) in [5, 5.41) is 6.28. The second-order valence-corrected chi connectivity index (χ2v) is 9.00. The molecule has 1 aliphatic rings. The standard InChI is InChI=1S/C22H22Cl2N2OS/c1-22(2)11-18(25-13-14-6-4-3-5-7-14)20(19(27)12-22)21(28)26-17-9-8-15(23)10-16(17)24/h3-11,20,25H,12-13H2,1-2H3,(H,26,28)/p+1/t20-/m1/s1. The molecule has 3 nitrogen and oxygen atoms in total. The summed E-state index contributed by atoms with van der Waals surface area (Å²) in [4.78, 5) is 13.4.